The smallest absolute Gasteiger partial charge is 0.410 e. The van der Waals surface area contributed by atoms with Gasteiger partial charge >= 0.3 is 6.09 Å². The number of halogens is 1. The normalized spacial score (nSPS) is 21.1. The molecule has 2 amide bonds. The highest BCUT2D eigenvalue weighted by atomic mass is 35.5. The van der Waals surface area contributed by atoms with Crippen molar-refractivity contribution < 1.29 is 19.1 Å². The summed E-state index contributed by atoms with van der Waals surface area (Å²) in [7, 11) is 1.64. The molecule has 3 heterocycles. The molecule has 0 unspecified atom stereocenters. The molecule has 0 N–H and O–H groups in total. The van der Waals surface area contributed by atoms with Crippen molar-refractivity contribution in [3.05, 3.63) is 58.4 Å². The third kappa shape index (κ3) is 6.91. The number of ether oxygens (including phenoxy) is 2. The molecule has 1 fully saturated rings. The van der Waals surface area contributed by atoms with Gasteiger partial charge in [0.25, 0.3) is 0 Å². The highest BCUT2D eigenvalue weighted by molar-refractivity contribution is 6.30. The van der Waals surface area contributed by atoms with Crippen LogP contribution in [0.25, 0.3) is 0 Å². The van der Waals surface area contributed by atoms with E-state index in [1.54, 1.807) is 12.0 Å². The van der Waals surface area contributed by atoms with Crippen LogP contribution in [0, 0.1) is 0 Å². The number of anilines is 1. The van der Waals surface area contributed by atoms with Crippen molar-refractivity contribution >= 4 is 29.3 Å². The number of piperazine rings is 1. The molecule has 1 saturated heterocycles. The van der Waals surface area contributed by atoms with Crippen LogP contribution in [0.2, 0.25) is 5.02 Å². The Kier molecular flexibility index (Phi) is 8.59. The minimum atomic E-state index is -0.572. The van der Waals surface area contributed by atoms with Crippen LogP contribution in [-0.2, 0) is 26.1 Å². The Morgan fingerprint density at radius 1 is 1.18 bits per heavy atom. The Labute approximate surface area is 237 Å². The summed E-state index contributed by atoms with van der Waals surface area (Å²) < 4.78 is 11.1. The number of aromatic nitrogens is 1. The van der Waals surface area contributed by atoms with Crippen LogP contribution in [0.15, 0.2) is 36.5 Å². The molecular formula is C30H41ClN4O4. The number of rotatable bonds is 6. The van der Waals surface area contributed by atoms with Gasteiger partial charge in [0.1, 0.15) is 5.60 Å². The number of carbonyl (C=O) groups is 2. The highest BCUT2D eigenvalue weighted by Gasteiger charge is 2.41. The van der Waals surface area contributed by atoms with E-state index in [9.17, 15) is 9.59 Å². The molecule has 0 bridgehead atoms. The second-order valence-corrected chi connectivity index (χ2v) is 12.8. The molecule has 2 atom stereocenters. The molecule has 8 nitrogen and oxygen atoms in total. The van der Waals surface area contributed by atoms with Gasteiger partial charge in [-0.2, -0.15) is 0 Å². The highest BCUT2D eigenvalue weighted by Crippen LogP contribution is 2.40. The predicted molar refractivity (Wildman–Crippen MR) is 154 cm³/mol. The number of carbonyl (C=O) groups excluding carboxylic acids is 2. The van der Waals surface area contributed by atoms with E-state index in [0.29, 0.717) is 37.7 Å². The number of pyridine rings is 1. The number of amides is 2. The molecule has 0 aliphatic carbocycles. The Hall–Kier alpha value is -2.68. The fourth-order valence-electron chi connectivity index (χ4n) is 5.46. The van der Waals surface area contributed by atoms with Crippen molar-refractivity contribution in [3.8, 4) is 0 Å². The fourth-order valence-corrected chi connectivity index (χ4v) is 5.67. The summed E-state index contributed by atoms with van der Waals surface area (Å²) in [6.07, 6.45) is 2.21. The first-order valence-electron chi connectivity index (χ1n) is 13.5. The van der Waals surface area contributed by atoms with E-state index in [-0.39, 0.29) is 36.0 Å². The first-order valence-corrected chi connectivity index (χ1v) is 13.9. The molecule has 1 aromatic carbocycles. The Morgan fingerprint density at radius 3 is 2.59 bits per heavy atom. The first-order chi connectivity index (χ1) is 18.3. The average Bonchev–Trinajstić information content (AvgIpc) is 3.10. The molecule has 39 heavy (non-hydrogen) atoms. The maximum Gasteiger partial charge on any atom is 0.410 e. The molecule has 0 saturated carbocycles. The summed E-state index contributed by atoms with van der Waals surface area (Å²) in [4.78, 5) is 37.2. The van der Waals surface area contributed by atoms with E-state index in [2.05, 4.69) is 18.7 Å². The molecule has 2 aliphatic heterocycles. The van der Waals surface area contributed by atoms with Gasteiger partial charge in [0, 0.05) is 67.1 Å². The topological polar surface area (TPSA) is 75.2 Å². The summed E-state index contributed by atoms with van der Waals surface area (Å²) in [5.74, 6) is 0.0285. The molecule has 4 rings (SSSR count). The van der Waals surface area contributed by atoms with Gasteiger partial charge in [0.15, 0.2) is 0 Å². The summed E-state index contributed by atoms with van der Waals surface area (Å²) in [6, 6.07) is 9.58. The SMILES string of the molecule is COC[C@H]1CN(C(=O)OC(C)(C)C)[C@H](C)CN1CC(=O)N1CC(C)(C)c2cnc(Cc3cccc(Cl)c3)cc21. The quantitative estimate of drug-likeness (QED) is 0.503. The zero-order valence-corrected chi connectivity index (χ0v) is 24.9. The fraction of sp³-hybridized carbons (Fsp3) is 0.567. The van der Waals surface area contributed by atoms with Crippen LogP contribution in [0.5, 0.6) is 0 Å². The van der Waals surface area contributed by atoms with Crippen molar-refractivity contribution in [1.29, 1.82) is 0 Å². The predicted octanol–water partition coefficient (Wildman–Crippen LogP) is 4.91. The largest absolute Gasteiger partial charge is 0.444 e. The lowest BCUT2D eigenvalue weighted by Crippen LogP contribution is -2.62. The molecule has 0 spiro atoms. The standard InChI is InChI=1S/C30H41ClN4O4/c1-20-15-33(24(18-38-7)16-34(20)28(37)39-29(2,3)4)17-27(36)35-19-30(5,6)25-14-32-23(13-26(25)35)12-21-9-8-10-22(31)11-21/h8-11,13-14,20,24H,12,15-19H2,1-7H3/t20-,24-/m1/s1. The first kappa shape index (κ1) is 29.3. The Bertz CT molecular complexity index is 1210. The lowest BCUT2D eigenvalue weighted by molar-refractivity contribution is -0.121. The molecule has 212 valence electrons. The lowest BCUT2D eigenvalue weighted by Gasteiger charge is -2.45. The maximum atomic E-state index is 13.8. The third-order valence-electron chi connectivity index (χ3n) is 7.37. The maximum absolute atomic E-state index is 13.8. The Balaban J connectivity index is 1.52. The van der Waals surface area contributed by atoms with Crippen LogP contribution in [0.1, 0.15) is 58.4 Å². The average molecular weight is 557 g/mol. The van der Waals surface area contributed by atoms with Crippen molar-refractivity contribution in [3.63, 3.8) is 0 Å². The minimum absolute atomic E-state index is 0.0285. The molecule has 9 heteroatoms. The van der Waals surface area contributed by atoms with Gasteiger partial charge in [-0.3, -0.25) is 14.7 Å². The monoisotopic (exact) mass is 556 g/mol. The van der Waals surface area contributed by atoms with Crippen molar-refractivity contribution in [2.24, 2.45) is 0 Å². The molecule has 1 aromatic heterocycles. The van der Waals surface area contributed by atoms with Crippen LogP contribution >= 0.6 is 11.6 Å². The minimum Gasteiger partial charge on any atom is -0.444 e. The summed E-state index contributed by atoms with van der Waals surface area (Å²) >= 11 is 6.18. The zero-order chi connectivity index (χ0) is 28.5. The van der Waals surface area contributed by atoms with Crippen LogP contribution in [-0.4, -0.2) is 84.4 Å². The number of fused-ring (bicyclic) bond motifs is 1. The molecule has 2 aromatic rings. The van der Waals surface area contributed by atoms with Gasteiger partial charge in [-0.25, -0.2) is 4.79 Å². The van der Waals surface area contributed by atoms with Crippen LogP contribution < -0.4 is 4.90 Å². The number of methoxy groups -OCH3 is 1. The van der Waals surface area contributed by atoms with Gasteiger partial charge in [-0.15, -0.1) is 0 Å². The van der Waals surface area contributed by atoms with Crippen molar-refractivity contribution in [1.82, 2.24) is 14.8 Å². The van der Waals surface area contributed by atoms with E-state index in [1.807, 2.05) is 69.1 Å². The van der Waals surface area contributed by atoms with Gasteiger partial charge in [0.2, 0.25) is 5.91 Å². The summed E-state index contributed by atoms with van der Waals surface area (Å²) in [6.45, 7) is 14.1. The van der Waals surface area contributed by atoms with E-state index in [4.69, 9.17) is 26.1 Å². The molecule has 0 radical (unpaired) electrons. The lowest BCUT2D eigenvalue weighted by atomic mass is 9.88. The summed E-state index contributed by atoms with van der Waals surface area (Å²) in [5.41, 5.74) is 3.17. The van der Waals surface area contributed by atoms with Crippen LogP contribution in [0.4, 0.5) is 10.5 Å². The molecular weight excluding hydrogens is 516 g/mol. The number of hydrogen-bond donors (Lipinski definition) is 0. The van der Waals surface area contributed by atoms with Crippen molar-refractivity contribution in [2.45, 2.75) is 71.1 Å². The summed E-state index contributed by atoms with van der Waals surface area (Å²) in [5, 5.41) is 0.693. The van der Waals surface area contributed by atoms with E-state index in [1.165, 1.54) is 0 Å². The number of hydrogen-bond acceptors (Lipinski definition) is 6. The van der Waals surface area contributed by atoms with Gasteiger partial charge in [-0.05, 0) is 51.5 Å². The van der Waals surface area contributed by atoms with Crippen LogP contribution in [0.3, 0.4) is 0 Å². The number of nitrogens with zero attached hydrogens (tertiary/aromatic N) is 4. The second-order valence-electron chi connectivity index (χ2n) is 12.4. The van der Waals surface area contributed by atoms with E-state index < -0.39 is 5.60 Å². The molecule has 2 aliphatic rings. The van der Waals surface area contributed by atoms with Gasteiger partial charge < -0.3 is 19.3 Å². The third-order valence-corrected chi connectivity index (χ3v) is 7.60. The number of benzene rings is 1. The zero-order valence-electron chi connectivity index (χ0n) is 24.2. The Morgan fingerprint density at radius 2 is 1.92 bits per heavy atom. The van der Waals surface area contributed by atoms with Gasteiger partial charge in [0.05, 0.1) is 24.9 Å². The van der Waals surface area contributed by atoms with E-state index in [0.717, 1.165) is 22.5 Å². The van der Waals surface area contributed by atoms with Crippen molar-refractivity contribution in [2.75, 3.05) is 44.8 Å². The van der Waals surface area contributed by atoms with Gasteiger partial charge in [-0.1, -0.05) is 37.6 Å². The van der Waals surface area contributed by atoms with E-state index >= 15 is 0 Å². The second kappa shape index (κ2) is 11.4.